The normalized spacial score (nSPS) is 10.8. The van der Waals surface area contributed by atoms with Crippen molar-refractivity contribution in [1.29, 1.82) is 0 Å². The van der Waals surface area contributed by atoms with Crippen molar-refractivity contribution < 1.29 is 14.4 Å². The molecule has 0 aliphatic rings. The van der Waals surface area contributed by atoms with Gasteiger partial charge in [-0.05, 0) is 24.3 Å². The van der Waals surface area contributed by atoms with Gasteiger partial charge in [0.1, 0.15) is 5.75 Å². The fourth-order valence-corrected chi connectivity index (χ4v) is 2.40. The van der Waals surface area contributed by atoms with Crippen LogP contribution in [0.5, 0.6) is 5.75 Å². The summed E-state index contributed by atoms with van der Waals surface area (Å²) in [7, 11) is 1.58. The van der Waals surface area contributed by atoms with Crippen molar-refractivity contribution in [3.05, 3.63) is 45.4 Å². The average Bonchev–Trinajstić information content (AvgIpc) is 2.92. The van der Waals surface area contributed by atoms with Crippen LogP contribution in [0.25, 0.3) is 0 Å². The van der Waals surface area contributed by atoms with Gasteiger partial charge in [0.25, 0.3) is 0 Å². The molecular formula is C14H13ClN2O3S. The minimum atomic E-state index is -0.0363. The molecule has 0 unspecified atom stereocenters. The van der Waals surface area contributed by atoms with Crippen molar-refractivity contribution >= 4 is 34.9 Å². The molecule has 0 radical (unpaired) electrons. The number of ketones is 1. The van der Waals surface area contributed by atoms with Gasteiger partial charge < -0.3 is 9.57 Å². The summed E-state index contributed by atoms with van der Waals surface area (Å²) in [4.78, 5) is 21.7. The summed E-state index contributed by atoms with van der Waals surface area (Å²) < 4.78 is 5.50. The van der Waals surface area contributed by atoms with E-state index in [2.05, 4.69) is 10.1 Å². The highest BCUT2D eigenvalue weighted by molar-refractivity contribution is 7.15. The Morgan fingerprint density at radius 3 is 2.81 bits per heavy atom. The molecule has 1 aromatic carbocycles. The lowest BCUT2D eigenvalue weighted by Crippen LogP contribution is -1.99. The van der Waals surface area contributed by atoms with E-state index in [1.54, 1.807) is 37.6 Å². The Bertz CT molecular complexity index is 625. The Kier molecular flexibility index (Phi) is 5.71. The van der Waals surface area contributed by atoms with Crippen LogP contribution in [0.15, 0.2) is 35.6 Å². The third-order valence-corrected chi connectivity index (χ3v) is 3.66. The van der Waals surface area contributed by atoms with Gasteiger partial charge in [0.05, 0.1) is 18.2 Å². The predicted octanol–water partition coefficient (Wildman–Crippen LogP) is 3.58. The number of methoxy groups -OCH3 is 1. The highest BCUT2D eigenvalue weighted by Gasteiger charge is 2.04. The Hall–Kier alpha value is -1.92. The lowest BCUT2D eigenvalue weighted by Gasteiger charge is -2.01. The molecule has 0 amide bonds. The molecule has 0 aliphatic carbocycles. The number of Topliss-reactive ketones (excluding diaryl/α,β-unsaturated/α-hetero) is 1. The third kappa shape index (κ3) is 4.84. The minimum absolute atomic E-state index is 0.0363. The fourth-order valence-electron chi connectivity index (χ4n) is 1.52. The average molecular weight is 325 g/mol. The van der Waals surface area contributed by atoms with Crippen LogP contribution < -0.4 is 4.74 Å². The van der Waals surface area contributed by atoms with Gasteiger partial charge in [-0.15, -0.1) is 11.3 Å². The van der Waals surface area contributed by atoms with Crippen LogP contribution in [0.1, 0.15) is 21.7 Å². The first-order chi connectivity index (χ1) is 10.2. The number of thiazole rings is 1. The summed E-state index contributed by atoms with van der Waals surface area (Å²) in [6, 6.07) is 6.92. The monoisotopic (exact) mass is 324 g/mol. The van der Waals surface area contributed by atoms with Crippen LogP contribution >= 0.6 is 22.9 Å². The number of hydrogen-bond donors (Lipinski definition) is 0. The molecule has 0 fully saturated rings. The molecular weight excluding hydrogens is 312 g/mol. The van der Waals surface area contributed by atoms with Crippen LogP contribution in [0.2, 0.25) is 4.47 Å². The van der Waals surface area contributed by atoms with Gasteiger partial charge in [0, 0.05) is 18.2 Å². The number of halogens is 1. The van der Waals surface area contributed by atoms with Crippen molar-refractivity contribution in [3.63, 3.8) is 0 Å². The molecule has 0 aliphatic heterocycles. The van der Waals surface area contributed by atoms with E-state index >= 15 is 0 Å². The van der Waals surface area contributed by atoms with Gasteiger partial charge in [0.15, 0.2) is 16.9 Å². The first-order valence-corrected chi connectivity index (χ1v) is 7.29. The number of benzene rings is 1. The van der Waals surface area contributed by atoms with Crippen molar-refractivity contribution in [2.45, 2.75) is 13.0 Å². The second-order valence-corrected chi connectivity index (χ2v) is 5.69. The SMILES string of the molecule is COc1ccc(C(=O)C/C=N/OCc2cnc(Cl)s2)cc1. The molecule has 0 spiro atoms. The number of ether oxygens (including phenoxy) is 1. The minimum Gasteiger partial charge on any atom is -0.497 e. The second kappa shape index (κ2) is 7.75. The molecule has 2 aromatic rings. The van der Waals surface area contributed by atoms with Crippen LogP contribution in [0.3, 0.4) is 0 Å². The summed E-state index contributed by atoms with van der Waals surface area (Å²) in [6.07, 6.45) is 3.25. The molecule has 0 N–H and O–H groups in total. The highest BCUT2D eigenvalue weighted by atomic mass is 35.5. The number of rotatable bonds is 7. The Balaban J connectivity index is 1.76. The van der Waals surface area contributed by atoms with Crippen molar-refractivity contribution in [2.75, 3.05) is 7.11 Å². The van der Waals surface area contributed by atoms with Gasteiger partial charge in [-0.1, -0.05) is 16.8 Å². The van der Waals surface area contributed by atoms with Crippen LogP contribution in [0.4, 0.5) is 0 Å². The molecule has 1 aromatic heterocycles. The van der Waals surface area contributed by atoms with E-state index in [1.165, 1.54) is 17.6 Å². The summed E-state index contributed by atoms with van der Waals surface area (Å²) in [5, 5.41) is 3.74. The second-order valence-electron chi connectivity index (χ2n) is 4.00. The Labute approximate surface area is 131 Å². The van der Waals surface area contributed by atoms with E-state index in [-0.39, 0.29) is 18.8 Å². The number of hydrogen-bond acceptors (Lipinski definition) is 6. The lowest BCUT2D eigenvalue weighted by molar-refractivity contribution is 0.0996. The quantitative estimate of drug-likeness (QED) is 0.443. The van der Waals surface area contributed by atoms with Crippen molar-refractivity contribution in [3.8, 4) is 5.75 Å². The van der Waals surface area contributed by atoms with Gasteiger partial charge in [-0.2, -0.15) is 0 Å². The molecule has 5 nitrogen and oxygen atoms in total. The van der Waals surface area contributed by atoms with E-state index in [0.29, 0.717) is 15.8 Å². The van der Waals surface area contributed by atoms with E-state index in [0.717, 1.165) is 4.88 Å². The topological polar surface area (TPSA) is 60.8 Å². The number of aromatic nitrogens is 1. The molecule has 1 heterocycles. The molecule has 21 heavy (non-hydrogen) atoms. The van der Waals surface area contributed by atoms with E-state index in [1.807, 2.05) is 0 Å². The zero-order valence-electron chi connectivity index (χ0n) is 11.3. The number of carbonyl (C=O) groups is 1. The standard InChI is InChI=1S/C14H13ClN2O3S/c1-19-11-4-2-10(3-5-11)13(18)6-7-17-20-9-12-8-16-14(15)21-12/h2-5,7-8H,6,9H2,1H3/b17-7+. The van der Waals surface area contributed by atoms with E-state index < -0.39 is 0 Å². The summed E-state index contributed by atoms with van der Waals surface area (Å²) in [6.45, 7) is 0.289. The molecule has 0 saturated carbocycles. The maximum Gasteiger partial charge on any atom is 0.183 e. The Morgan fingerprint density at radius 1 is 1.43 bits per heavy atom. The predicted molar refractivity (Wildman–Crippen MR) is 82.3 cm³/mol. The number of oxime groups is 1. The molecule has 7 heteroatoms. The number of nitrogens with zero attached hydrogens (tertiary/aromatic N) is 2. The maximum atomic E-state index is 11.9. The van der Waals surface area contributed by atoms with E-state index in [4.69, 9.17) is 21.2 Å². The van der Waals surface area contributed by atoms with Crippen molar-refractivity contribution in [1.82, 2.24) is 4.98 Å². The highest BCUT2D eigenvalue weighted by Crippen LogP contribution is 2.18. The smallest absolute Gasteiger partial charge is 0.183 e. The summed E-state index contributed by atoms with van der Waals surface area (Å²) in [5.74, 6) is 0.678. The first-order valence-electron chi connectivity index (χ1n) is 6.10. The van der Waals surface area contributed by atoms with E-state index in [9.17, 15) is 4.79 Å². The first kappa shape index (κ1) is 15.5. The molecule has 0 bridgehead atoms. The van der Waals surface area contributed by atoms with Crippen LogP contribution in [-0.4, -0.2) is 24.1 Å². The zero-order valence-corrected chi connectivity index (χ0v) is 12.9. The van der Waals surface area contributed by atoms with Gasteiger partial charge in [0.2, 0.25) is 0 Å². The molecule has 110 valence electrons. The summed E-state index contributed by atoms with van der Waals surface area (Å²) in [5.41, 5.74) is 0.608. The summed E-state index contributed by atoms with van der Waals surface area (Å²) >= 11 is 7.02. The van der Waals surface area contributed by atoms with Gasteiger partial charge in [-0.25, -0.2) is 4.98 Å². The van der Waals surface area contributed by atoms with Gasteiger partial charge >= 0.3 is 0 Å². The van der Waals surface area contributed by atoms with Crippen LogP contribution in [-0.2, 0) is 11.4 Å². The zero-order chi connectivity index (χ0) is 15.1. The maximum absolute atomic E-state index is 11.9. The van der Waals surface area contributed by atoms with Gasteiger partial charge in [-0.3, -0.25) is 4.79 Å². The van der Waals surface area contributed by atoms with Crippen LogP contribution in [0, 0.1) is 0 Å². The third-order valence-electron chi connectivity index (χ3n) is 2.57. The number of carbonyl (C=O) groups excluding carboxylic acids is 1. The molecule has 2 rings (SSSR count). The largest absolute Gasteiger partial charge is 0.497 e. The lowest BCUT2D eigenvalue weighted by atomic mass is 10.1. The molecule has 0 atom stereocenters. The Morgan fingerprint density at radius 2 is 2.19 bits per heavy atom. The van der Waals surface area contributed by atoms with Crippen molar-refractivity contribution in [2.24, 2.45) is 5.16 Å². The molecule has 0 saturated heterocycles. The fraction of sp³-hybridized carbons (Fsp3) is 0.214.